The van der Waals surface area contributed by atoms with Crippen molar-refractivity contribution in [2.45, 2.75) is 17.7 Å². The van der Waals surface area contributed by atoms with Crippen molar-refractivity contribution in [1.29, 1.82) is 5.26 Å². The normalized spacial score (nSPS) is 22.6. The lowest BCUT2D eigenvalue weighted by Gasteiger charge is -2.42. The van der Waals surface area contributed by atoms with Gasteiger partial charge in [-0.1, -0.05) is 70.5 Å². The van der Waals surface area contributed by atoms with Crippen LogP contribution in [0.3, 0.4) is 0 Å². The van der Waals surface area contributed by atoms with Crippen LogP contribution in [0.1, 0.15) is 23.1 Å². The van der Waals surface area contributed by atoms with Gasteiger partial charge >= 0.3 is 0 Å². The fraction of sp³-hybridized carbons (Fsp3) is 0.111. The number of halogens is 1. The molecule has 2 heterocycles. The van der Waals surface area contributed by atoms with Crippen molar-refractivity contribution >= 4 is 39.5 Å². The lowest BCUT2D eigenvalue weighted by atomic mass is 9.75. The maximum atomic E-state index is 12.4. The molecular weight excluding hydrogens is 494 g/mol. The monoisotopic (exact) mass is 514 g/mol. The molecule has 33 heavy (non-hydrogen) atoms. The largest absolute Gasteiger partial charge is 0.362 e. The van der Waals surface area contributed by atoms with Crippen molar-refractivity contribution in [3.8, 4) is 6.07 Å². The highest BCUT2D eigenvalue weighted by atomic mass is 79.9. The molecule has 3 aromatic carbocycles. The number of aliphatic hydroxyl groups is 1. The van der Waals surface area contributed by atoms with Gasteiger partial charge in [0.1, 0.15) is 0 Å². The first-order valence-corrected chi connectivity index (χ1v) is 11.8. The maximum Gasteiger partial charge on any atom is 0.227 e. The van der Waals surface area contributed by atoms with Crippen molar-refractivity contribution in [2.24, 2.45) is 0 Å². The molecule has 0 spiro atoms. The summed E-state index contributed by atoms with van der Waals surface area (Å²) in [5.74, 6) is -0.446. The highest BCUT2D eigenvalue weighted by Gasteiger charge is 2.55. The number of nitriles is 1. The zero-order chi connectivity index (χ0) is 23.0. The molecule has 1 aliphatic heterocycles. The Morgan fingerprint density at radius 2 is 1.61 bits per heavy atom. The highest BCUT2D eigenvalue weighted by molar-refractivity contribution is 9.10. The van der Waals surface area contributed by atoms with E-state index < -0.39 is 17.7 Å². The van der Waals surface area contributed by atoms with Crippen LogP contribution < -0.4 is 9.88 Å². The van der Waals surface area contributed by atoms with E-state index in [9.17, 15) is 10.4 Å². The minimum absolute atomic E-state index is 0.369. The number of benzene rings is 3. The molecule has 1 aliphatic rings. The summed E-state index contributed by atoms with van der Waals surface area (Å²) in [7, 11) is 0. The van der Waals surface area contributed by atoms with Gasteiger partial charge in [-0.15, -0.1) is 12.6 Å². The van der Waals surface area contributed by atoms with E-state index in [4.69, 9.17) is 0 Å². The predicted molar refractivity (Wildman–Crippen MR) is 135 cm³/mol. The zero-order valence-electron chi connectivity index (χ0n) is 17.6. The van der Waals surface area contributed by atoms with Crippen molar-refractivity contribution < 1.29 is 9.67 Å². The molecule has 1 aromatic heterocycles. The van der Waals surface area contributed by atoms with Crippen molar-refractivity contribution in [2.75, 3.05) is 0 Å². The summed E-state index contributed by atoms with van der Waals surface area (Å²) in [5.41, 5.74) is 1.53. The van der Waals surface area contributed by atoms with Crippen LogP contribution in [0.2, 0.25) is 0 Å². The lowest BCUT2D eigenvalue weighted by molar-refractivity contribution is -0.720. The Hall–Kier alpha value is -3.11. The molecule has 0 saturated heterocycles. The molecule has 2 N–H and O–H groups in total. The van der Waals surface area contributed by atoms with Gasteiger partial charge in [-0.3, -0.25) is 0 Å². The Morgan fingerprint density at radius 1 is 0.939 bits per heavy atom. The Kier molecular flexibility index (Phi) is 5.71. The van der Waals surface area contributed by atoms with Crippen LogP contribution in [0.4, 0.5) is 0 Å². The van der Waals surface area contributed by atoms with E-state index in [-0.39, 0.29) is 0 Å². The number of hydrogen-bond donors (Lipinski definition) is 3. The van der Waals surface area contributed by atoms with Crippen LogP contribution in [-0.4, -0.2) is 5.11 Å². The average molecular weight is 515 g/mol. The van der Waals surface area contributed by atoms with Crippen LogP contribution in [0.25, 0.3) is 10.9 Å². The molecule has 0 unspecified atom stereocenters. The predicted octanol–water partition coefficient (Wildman–Crippen LogP) is 5.33. The quantitative estimate of drug-likeness (QED) is 0.256. The molecule has 0 fully saturated rings. The van der Waals surface area contributed by atoms with Crippen LogP contribution >= 0.6 is 28.6 Å². The molecule has 5 rings (SSSR count). The van der Waals surface area contributed by atoms with E-state index in [1.807, 2.05) is 97.2 Å². The number of pyridine rings is 1. The van der Waals surface area contributed by atoms with E-state index in [1.54, 1.807) is 0 Å². The van der Waals surface area contributed by atoms with E-state index >= 15 is 0 Å². The molecular formula is C27H21BrN3OS+. The van der Waals surface area contributed by atoms with Gasteiger partial charge in [0, 0.05) is 27.6 Å². The van der Waals surface area contributed by atoms with E-state index in [0.717, 1.165) is 20.9 Å². The summed E-state index contributed by atoms with van der Waals surface area (Å²) in [5, 5.41) is 27.1. The van der Waals surface area contributed by atoms with Gasteiger partial charge in [-0.25, -0.2) is 0 Å². The van der Waals surface area contributed by atoms with Gasteiger partial charge in [0.25, 0.3) is 0 Å². The second-order valence-corrected chi connectivity index (χ2v) is 9.44. The first-order chi connectivity index (χ1) is 16.0. The Balaban J connectivity index is 1.85. The van der Waals surface area contributed by atoms with Gasteiger partial charge in [0.15, 0.2) is 6.20 Å². The summed E-state index contributed by atoms with van der Waals surface area (Å²) < 4.78 is 3.01. The Labute approximate surface area is 206 Å². The van der Waals surface area contributed by atoms with E-state index in [1.165, 1.54) is 0 Å². The topological polar surface area (TPSA) is 59.9 Å². The van der Waals surface area contributed by atoms with Gasteiger partial charge in [0.05, 0.1) is 22.6 Å². The van der Waals surface area contributed by atoms with Gasteiger partial charge in [0.2, 0.25) is 17.3 Å². The van der Waals surface area contributed by atoms with Crippen molar-refractivity contribution in [3.63, 3.8) is 0 Å². The number of allylic oxidation sites excluding steroid dienone is 1. The molecule has 3 atom stereocenters. The SMILES string of the molecule is N#CC1=C(S)N[C@@](O)(c2ccccc2)[C@H]([n+]2cccc3ccccc32)[C@H]1c1ccc(Br)cc1. The molecule has 162 valence electrons. The summed E-state index contributed by atoms with van der Waals surface area (Å²) in [4.78, 5) is 0. The zero-order valence-corrected chi connectivity index (χ0v) is 20.0. The number of aromatic nitrogens is 1. The van der Waals surface area contributed by atoms with E-state index in [0.29, 0.717) is 16.2 Å². The third-order valence-electron chi connectivity index (χ3n) is 6.22. The summed E-state index contributed by atoms with van der Waals surface area (Å²) >= 11 is 8.13. The number of hydrogen-bond acceptors (Lipinski definition) is 4. The number of nitrogens with one attached hydrogen (secondary N) is 1. The second-order valence-electron chi connectivity index (χ2n) is 8.08. The van der Waals surface area contributed by atoms with Crippen LogP contribution in [0, 0.1) is 11.3 Å². The standard InChI is InChI=1S/C27H20BrN3OS/c28-21-14-12-19(13-15-21)24-22(17-29)26(33)30-27(32,20-9-2-1-3-10-20)25(24)31-16-6-8-18-7-4-5-11-23(18)31/h1-16,24-25,30,32H/p+1/t24-,25+,27+/m0/s1. The van der Waals surface area contributed by atoms with Crippen LogP contribution in [-0.2, 0) is 5.72 Å². The van der Waals surface area contributed by atoms with Crippen LogP contribution in [0.15, 0.2) is 112 Å². The van der Waals surface area contributed by atoms with Gasteiger partial charge in [-0.2, -0.15) is 9.83 Å². The number of thiol groups is 1. The second kappa shape index (κ2) is 8.68. The number of rotatable bonds is 3. The van der Waals surface area contributed by atoms with Gasteiger partial charge < -0.3 is 10.4 Å². The minimum atomic E-state index is -1.52. The number of fused-ring (bicyclic) bond motifs is 1. The van der Waals surface area contributed by atoms with E-state index in [2.05, 4.69) is 44.5 Å². The molecule has 4 nitrogen and oxygen atoms in total. The molecule has 0 amide bonds. The third kappa shape index (κ3) is 3.72. The smallest absolute Gasteiger partial charge is 0.227 e. The first-order valence-electron chi connectivity index (χ1n) is 10.6. The molecule has 4 aromatic rings. The fourth-order valence-corrected chi connectivity index (χ4v) is 5.36. The Bertz CT molecular complexity index is 1390. The fourth-order valence-electron chi connectivity index (χ4n) is 4.73. The molecule has 0 bridgehead atoms. The van der Waals surface area contributed by atoms with Crippen molar-refractivity contribution in [1.82, 2.24) is 5.32 Å². The maximum absolute atomic E-state index is 12.4. The average Bonchev–Trinajstić information content (AvgIpc) is 2.84. The lowest BCUT2D eigenvalue weighted by Crippen LogP contribution is -2.62. The highest BCUT2D eigenvalue weighted by Crippen LogP contribution is 2.47. The van der Waals surface area contributed by atoms with Crippen LogP contribution in [0.5, 0.6) is 0 Å². The third-order valence-corrected chi connectivity index (χ3v) is 7.10. The van der Waals surface area contributed by atoms with Crippen molar-refractivity contribution in [3.05, 3.63) is 123 Å². The molecule has 0 saturated carbocycles. The van der Waals surface area contributed by atoms with Gasteiger partial charge in [-0.05, 0) is 29.8 Å². The molecule has 0 radical (unpaired) electrons. The summed E-state index contributed by atoms with van der Waals surface area (Å²) in [6, 6.07) is 31.2. The minimum Gasteiger partial charge on any atom is -0.362 e. The Morgan fingerprint density at radius 3 is 2.33 bits per heavy atom. The summed E-state index contributed by atoms with van der Waals surface area (Å²) in [6.07, 6.45) is 1.97. The number of nitrogens with zero attached hydrogens (tertiary/aromatic N) is 2. The first kappa shape index (κ1) is 21.7. The molecule has 6 heteroatoms. The molecule has 0 aliphatic carbocycles. The summed E-state index contributed by atoms with van der Waals surface area (Å²) in [6.45, 7) is 0. The number of para-hydroxylation sites is 1.